The molecule has 0 spiro atoms. The zero-order valence-corrected chi connectivity index (χ0v) is 12.8. The van der Waals surface area contributed by atoms with Gasteiger partial charge in [0.1, 0.15) is 18.0 Å². The number of hydrogen-bond acceptors (Lipinski definition) is 2. The van der Waals surface area contributed by atoms with Gasteiger partial charge < -0.3 is 9.84 Å². The monoisotopic (exact) mass is 350 g/mol. The molecular weight excluding hydrogens is 340 g/mol. The highest BCUT2D eigenvalue weighted by atomic mass is 79.9. The number of halogens is 2. The van der Waals surface area contributed by atoms with E-state index >= 15 is 0 Å². The van der Waals surface area contributed by atoms with E-state index in [1.165, 1.54) is 0 Å². The molecule has 0 aliphatic heterocycles. The van der Waals surface area contributed by atoms with E-state index in [-0.39, 0.29) is 0 Å². The summed E-state index contributed by atoms with van der Waals surface area (Å²) in [6.07, 6.45) is 2.74. The molecule has 4 heteroatoms. The van der Waals surface area contributed by atoms with E-state index in [4.69, 9.17) is 16.3 Å². The van der Waals surface area contributed by atoms with E-state index in [1.54, 1.807) is 18.2 Å². The molecular formula is C16H12BrClO2. The summed E-state index contributed by atoms with van der Waals surface area (Å²) in [7, 11) is 0. The Labute approximate surface area is 130 Å². The van der Waals surface area contributed by atoms with Gasteiger partial charge in [-0.1, -0.05) is 41.9 Å². The molecule has 2 atom stereocenters. The second kappa shape index (κ2) is 5.60. The predicted octanol–water partition coefficient (Wildman–Crippen LogP) is 4.61. The van der Waals surface area contributed by atoms with Gasteiger partial charge in [-0.25, -0.2) is 0 Å². The maximum absolute atomic E-state index is 10.4. The molecule has 0 heterocycles. The molecule has 0 unspecified atom stereocenters. The Hall–Kier alpha value is -1.29. The average Bonchev–Trinajstić information content (AvgIpc) is 2.45. The standard InChI is InChI=1S/C16H12BrClO2/c17-13-9-11(18)6-8-14(13)20-15-7-5-10-3-1-2-4-12(10)16(15)19/h1-9,15-16,19H/t15-,16-/m0/s1. The first-order valence-electron chi connectivity index (χ1n) is 6.22. The molecule has 0 saturated heterocycles. The molecule has 0 fully saturated rings. The minimum Gasteiger partial charge on any atom is -0.482 e. The summed E-state index contributed by atoms with van der Waals surface area (Å²) >= 11 is 9.32. The molecule has 0 saturated carbocycles. The van der Waals surface area contributed by atoms with Gasteiger partial charge in [0.25, 0.3) is 0 Å². The Kier molecular flexibility index (Phi) is 3.83. The molecule has 0 bridgehead atoms. The summed E-state index contributed by atoms with van der Waals surface area (Å²) < 4.78 is 6.64. The molecule has 2 aromatic carbocycles. The number of ether oxygens (including phenoxy) is 1. The number of hydrogen-bond donors (Lipinski definition) is 1. The third-order valence-electron chi connectivity index (χ3n) is 3.25. The summed E-state index contributed by atoms with van der Waals surface area (Å²) in [5.41, 5.74) is 1.90. The van der Waals surface area contributed by atoms with Crippen molar-refractivity contribution in [3.8, 4) is 5.75 Å². The van der Waals surface area contributed by atoms with Crippen LogP contribution in [0.5, 0.6) is 5.75 Å². The van der Waals surface area contributed by atoms with Gasteiger partial charge in [0.2, 0.25) is 0 Å². The number of aliphatic hydroxyl groups is 1. The Bertz CT molecular complexity index is 669. The first-order chi connectivity index (χ1) is 9.65. The second-order valence-electron chi connectivity index (χ2n) is 4.59. The van der Waals surface area contributed by atoms with Gasteiger partial charge in [-0.15, -0.1) is 0 Å². The Balaban J connectivity index is 1.86. The van der Waals surface area contributed by atoms with Gasteiger partial charge in [0, 0.05) is 5.02 Å². The Morgan fingerprint density at radius 1 is 1.15 bits per heavy atom. The number of fused-ring (bicyclic) bond motifs is 1. The number of rotatable bonds is 2. The molecule has 1 aliphatic carbocycles. The van der Waals surface area contributed by atoms with Crippen molar-refractivity contribution in [2.75, 3.05) is 0 Å². The fraction of sp³-hybridized carbons (Fsp3) is 0.125. The molecule has 102 valence electrons. The van der Waals surface area contributed by atoms with E-state index < -0.39 is 12.2 Å². The first-order valence-corrected chi connectivity index (χ1v) is 7.39. The maximum Gasteiger partial charge on any atom is 0.147 e. The van der Waals surface area contributed by atoms with Gasteiger partial charge in [-0.2, -0.15) is 0 Å². The molecule has 1 N–H and O–H groups in total. The SMILES string of the molecule is O[C@H]1c2ccccc2C=C[C@@H]1Oc1ccc(Cl)cc1Br. The van der Waals surface area contributed by atoms with Crippen molar-refractivity contribution in [1.82, 2.24) is 0 Å². The van der Waals surface area contributed by atoms with Gasteiger partial charge in [-0.05, 0) is 51.3 Å². The van der Waals surface area contributed by atoms with Crippen LogP contribution in [0, 0.1) is 0 Å². The molecule has 0 radical (unpaired) electrons. The Morgan fingerprint density at radius 3 is 2.75 bits per heavy atom. The summed E-state index contributed by atoms with van der Waals surface area (Å²) in [5, 5.41) is 11.0. The Morgan fingerprint density at radius 2 is 1.95 bits per heavy atom. The quantitative estimate of drug-likeness (QED) is 0.856. The fourth-order valence-corrected chi connectivity index (χ4v) is 3.01. The van der Waals surface area contributed by atoms with Gasteiger partial charge in [-0.3, -0.25) is 0 Å². The smallest absolute Gasteiger partial charge is 0.147 e. The van der Waals surface area contributed by atoms with E-state index in [1.807, 2.05) is 36.4 Å². The largest absolute Gasteiger partial charge is 0.482 e. The van der Waals surface area contributed by atoms with Crippen molar-refractivity contribution in [2.45, 2.75) is 12.2 Å². The van der Waals surface area contributed by atoms with Crippen LogP contribution in [-0.2, 0) is 0 Å². The maximum atomic E-state index is 10.4. The van der Waals surface area contributed by atoms with E-state index in [9.17, 15) is 5.11 Å². The van der Waals surface area contributed by atoms with Crippen molar-refractivity contribution in [2.24, 2.45) is 0 Å². The van der Waals surface area contributed by atoms with Crippen LogP contribution in [0.1, 0.15) is 17.2 Å². The van der Waals surface area contributed by atoms with Crippen LogP contribution in [0.15, 0.2) is 53.0 Å². The predicted molar refractivity (Wildman–Crippen MR) is 84.0 cm³/mol. The number of aliphatic hydroxyl groups excluding tert-OH is 1. The van der Waals surface area contributed by atoms with Crippen LogP contribution in [0.25, 0.3) is 6.08 Å². The molecule has 2 aromatic rings. The van der Waals surface area contributed by atoms with Crippen LogP contribution in [-0.4, -0.2) is 11.2 Å². The van der Waals surface area contributed by atoms with Gasteiger partial charge >= 0.3 is 0 Å². The summed E-state index contributed by atoms with van der Waals surface area (Å²) in [6, 6.07) is 13.1. The van der Waals surface area contributed by atoms with Crippen molar-refractivity contribution >= 4 is 33.6 Å². The third kappa shape index (κ3) is 2.62. The number of benzene rings is 2. The van der Waals surface area contributed by atoms with E-state index in [0.29, 0.717) is 10.8 Å². The average molecular weight is 352 g/mol. The molecule has 3 rings (SSSR count). The lowest BCUT2D eigenvalue weighted by atomic mass is 9.93. The highest BCUT2D eigenvalue weighted by molar-refractivity contribution is 9.10. The van der Waals surface area contributed by atoms with E-state index in [2.05, 4.69) is 15.9 Å². The van der Waals surface area contributed by atoms with Gasteiger partial charge in [0.05, 0.1) is 4.47 Å². The second-order valence-corrected chi connectivity index (χ2v) is 5.88. The zero-order valence-electron chi connectivity index (χ0n) is 10.5. The summed E-state index contributed by atoms with van der Waals surface area (Å²) in [6.45, 7) is 0. The lowest BCUT2D eigenvalue weighted by Crippen LogP contribution is -2.26. The van der Waals surface area contributed by atoms with E-state index in [0.717, 1.165) is 15.6 Å². The lowest BCUT2D eigenvalue weighted by molar-refractivity contribution is 0.0619. The van der Waals surface area contributed by atoms with Crippen LogP contribution in [0.3, 0.4) is 0 Å². The molecule has 0 amide bonds. The van der Waals surface area contributed by atoms with Crippen LogP contribution < -0.4 is 4.74 Å². The van der Waals surface area contributed by atoms with Crippen LogP contribution >= 0.6 is 27.5 Å². The van der Waals surface area contributed by atoms with Crippen molar-refractivity contribution in [3.63, 3.8) is 0 Å². The van der Waals surface area contributed by atoms with Crippen molar-refractivity contribution < 1.29 is 9.84 Å². The third-order valence-corrected chi connectivity index (χ3v) is 4.10. The zero-order chi connectivity index (χ0) is 14.1. The molecule has 1 aliphatic rings. The normalized spacial score (nSPS) is 20.6. The topological polar surface area (TPSA) is 29.5 Å². The minimum atomic E-state index is -0.682. The first kappa shape index (κ1) is 13.7. The van der Waals surface area contributed by atoms with Crippen molar-refractivity contribution in [1.29, 1.82) is 0 Å². The van der Waals surface area contributed by atoms with Gasteiger partial charge in [0.15, 0.2) is 0 Å². The lowest BCUT2D eigenvalue weighted by Gasteiger charge is -2.26. The molecule has 20 heavy (non-hydrogen) atoms. The van der Waals surface area contributed by atoms with Crippen molar-refractivity contribution in [3.05, 3.63) is 69.2 Å². The summed E-state index contributed by atoms with van der Waals surface area (Å²) in [5.74, 6) is 0.655. The molecule has 0 aromatic heterocycles. The highest BCUT2D eigenvalue weighted by Crippen LogP contribution is 2.34. The highest BCUT2D eigenvalue weighted by Gasteiger charge is 2.26. The van der Waals surface area contributed by atoms with Crippen LogP contribution in [0.4, 0.5) is 0 Å². The minimum absolute atomic E-state index is 0.414. The fourth-order valence-electron chi connectivity index (χ4n) is 2.23. The van der Waals surface area contributed by atoms with Crippen LogP contribution in [0.2, 0.25) is 5.02 Å². The summed E-state index contributed by atoms with van der Waals surface area (Å²) in [4.78, 5) is 0. The molecule has 2 nitrogen and oxygen atoms in total.